The summed E-state index contributed by atoms with van der Waals surface area (Å²) in [4.78, 5) is 1.22. The van der Waals surface area contributed by atoms with Gasteiger partial charge in [0.05, 0.1) is 6.10 Å². The van der Waals surface area contributed by atoms with Crippen LogP contribution in [-0.4, -0.2) is 17.0 Å². The first-order valence-corrected chi connectivity index (χ1v) is 7.14. The van der Waals surface area contributed by atoms with Crippen molar-refractivity contribution in [2.75, 3.05) is 5.75 Å². The summed E-state index contributed by atoms with van der Waals surface area (Å²) in [5.74, 6) is 0.734. The molecule has 0 heterocycles. The molecule has 1 N–H and O–H groups in total. The van der Waals surface area contributed by atoms with Gasteiger partial charge in [0.15, 0.2) is 0 Å². The summed E-state index contributed by atoms with van der Waals surface area (Å²) in [5, 5.41) is 10.0. The lowest BCUT2D eigenvalue weighted by Gasteiger charge is -2.10. The van der Waals surface area contributed by atoms with Crippen LogP contribution in [0.4, 0.5) is 0 Å². The van der Waals surface area contributed by atoms with E-state index in [1.807, 2.05) is 18.2 Å². The molecule has 2 aromatic rings. The minimum absolute atomic E-state index is 0.294. The monoisotopic (exact) mass is 258 g/mol. The lowest BCUT2D eigenvalue weighted by atomic mass is 10.1. The second-order valence-electron chi connectivity index (χ2n) is 4.47. The van der Waals surface area contributed by atoms with Crippen molar-refractivity contribution < 1.29 is 5.11 Å². The molecule has 1 atom stereocenters. The van der Waals surface area contributed by atoms with E-state index < -0.39 is 0 Å². The van der Waals surface area contributed by atoms with Crippen LogP contribution < -0.4 is 0 Å². The van der Waals surface area contributed by atoms with Crippen molar-refractivity contribution >= 4 is 11.8 Å². The van der Waals surface area contributed by atoms with E-state index in [9.17, 15) is 5.11 Å². The van der Waals surface area contributed by atoms with E-state index in [2.05, 4.69) is 43.3 Å². The number of rotatable bonds is 5. The topological polar surface area (TPSA) is 20.2 Å². The molecule has 94 valence electrons. The minimum Gasteiger partial charge on any atom is -0.392 e. The first kappa shape index (κ1) is 13.2. The van der Waals surface area contributed by atoms with Crippen molar-refractivity contribution in [1.82, 2.24) is 0 Å². The van der Waals surface area contributed by atoms with E-state index in [4.69, 9.17) is 0 Å². The van der Waals surface area contributed by atoms with Gasteiger partial charge < -0.3 is 5.11 Å². The van der Waals surface area contributed by atoms with E-state index >= 15 is 0 Å². The van der Waals surface area contributed by atoms with Crippen molar-refractivity contribution in [2.45, 2.75) is 24.3 Å². The molecule has 1 unspecified atom stereocenters. The Hall–Kier alpha value is -1.25. The number of hydrogen-bond donors (Lipinski definition) is 1. The Morgan fingerprint density at radius 2 is 1.83 bits per heavy atom. The SMILES string of the molecule is Cc1cccc(SCC(O)Cc2ccccc2)c1. The molecule has 0 bridgehead atoms. The van der Waals surface area contributed by atoms with Gasteiger partial charge in [0.1, 0.15) is 0 Å². The third-order valence-electron chi connectivity index (χ3n) is 2.75. The number of benzene rings is 2. The lowest BCUT2D eigenvalue weighted by molar-refractivity contribution is 0.200. The Bertz CT molecular complexity index is 481. The van der Waals surface area contributed by atoms with Gasteiger partial charge in [-0.05, 0) is 31.0 Å². The van der Waals surface area contributed by atoms with Crippen LogP contribution in [0.1, 0.15) is 11.1 Å². The summed E-state index contributed by atoms with van der Waals surface area (Å²) >= 11 is 1.71. The van der Waals surface area contributed by atoms with Crippen molar-refractivity contribution in [2.24, 2.45) is 0 Å². The van der Waals surface area contributed by atoms with Gasteiger partial charge in [0.2, 0.25) is 0 Å². The molecule has 0 aliphatic heterocycles. The van der Waals surface area contributed by atoms with Gasteiger partial charge in [-0.1, -0.05) is 48.0 Å². The number of thioether (sulfide) groups is 1. The Labute approximate surface area is 113 Å². The molecule has 0 aliphatic carbocycles. The number of aryl methyl sites for hydroxylation is 1. The Kier molecular flexibility index (Phi) is 4.85. The average molecular weight is 258 g/mol. The predicted octanol–water partition coefficient (Wildman–Crippen LogP) is 3.69. The molecular weight excluding hydrogens is 240 g/mol. The largest absolute Gasteiger partial charge is 0.392 e. The van der Waals surface area contributed by atoms with E-state index in [0.717, 1.165) is 12.2 Å². The first-order valence-electron chi connectivity index (χ1n) is 6.15. The second kappa shape index (κ2) is 6.62. The zero-order valence-corrected chi connectivity index (χ0v) is 11.4. The van der Waals surface area contributed by atoms with Crippen molar-refractivity contribution in [3.63, 3.8) is 0 Å². The van der Waals surface area contributed by atoms with Gasteiger partial charge in [0.25, 0.3) is 0 Å². The van der Waals surface area contributed by atoms with Gasteiger partial charge in [-0.2, -0.15) is 0 Å². The fourth-order valence-electron chi connectivity index (χ4n) is 1.84. The zero-order valence-electron chi connectivity index (χ0n) is 10.5. The van der Waals surface area contributed by atoms with Crippen LogP contribution in [0, 0.1) is 6.92 Å². The van der Waals surface area contributed by atoms with Gasteiger partial charge >= 0.3 is 0 Å². The lowest BCUT2D eigenvalue weighted by Crippen LogP contribution is -2.13. The van der Waals surface area contributed by atoms with Crippen LogP contribution in [0.15, 0.2) is 59.5 Å². The Balaban J connectivity index is 1.83. The fraction of sp³-hybridized carbons (Fsp3) is 0.250. The molecule has 0 saturated carbocycles. The number of hydrogen-bond acceptors (Lipinski definition) is 2. The maximum atomic E-state index is 10.0. The smallest absolute Gasteiger partial charge is 0.0674 e. The van der Waals surface area contributed by atoms with E-state index in [0.29, 0.717) is 0 Å². The normalized spacial score (nSPS) is 12.3. The van der Waals surface area contributed by atoms with Crippen LogP contribution in [0.2, 0.25) is 0 Å². The molecule has 18 heavy (non-hydrogen) atoms. The van der Waals surface area contributed by atoms with Crippen LogP contribution in [0.3, 0.4) is 0 Å². The average Bonchev–Trinajstić information content (AvgIpc) is 2.38. The van der Waals surface area contributed by atoms with Crippen LogP contribution >= 0.6 is 11.8 Å². The highest BCUT2D eigenvalue weighted by atomic mass is 32.2. The number of aliphatic hydroxyl groups is 1. The Morgan fingerprint density at radius 3 is 2.56 bits per heavy atom. The maximum absolute atomic E-state index is 10.0. The molecule has 0 saturated heterocycles. The van der Waals surface area contributed by atoms with Gasteiger partial charge in [-0.3, -0.25) is 0 Å². The van der Waals surface area contributed by atoms with Gasteiger partial charge in [0, 0.05) is 10.6 Å². The van der Waals surface area contributed by atoms with Crippen molar-refractivity contribution in [3.05, 3.63) is 65.7 Å². The maximum Gasteiger partial charge on any atom is 0.0674 e. The highest BCUT2D eigenvalue weighted by Gasteiger charge is 2.06. The summed E-state index contributed by atoms with van der Waals surface area (Å²) in [6, 6.07) is 18.5. The predicted molar refractivity (Wildman–Crippen MR) is 78.1 cm³/mol. The summed E-state index contributed by atoms with van der Waals surface area (Å²) in [5.41, 5.74) is 2.45. The molecule has 1 nitrogen and oxygen atoms in total. The van der Waals surface area contributed by atoms with E-state index in [1.165, 1.54) is 16.0 Å². The summed E-state index contributed by atoms with van der Waals surface area (Å²) < 4.78 is 0. The minimum atomic E-state index is -0.294. The summed E-state index contributed by atoms with van der Waals surface area (Å²) in [7, 11) is 0. The highest BCUT2D eigenvalue weighted by molar-refractivity contribution is 7.99. The molecular formula is C16H18OS. The van der Waals surface area contributed by atoms with Crippen LogP contribution in [-0.2, 0) is 6.42 Å². The second-order valence-corrected chi connectivity index (χ2v) is 5.56. The van der Waals surface area contributed by atoms with Crippen molar-refractivity contribution in [3.8, 4) is 0 Å². The molecule has 0 fully saturated rings. The molecule has 0 aromatic heterocycles. The Morgan fingerprint density at radius 1 is 1.06 bits per heavy atom. The van der Waals surface area contributed by atoms with Gasteiger partial charge in [-0.15, -0.1) is 11.8 Å². The molecule has 0 amide bonds. The van der Waals surface area contributed by atoms with E-state index in [-0.39, 0.29) is 6.10 Å². The fourth-order valence-corrected chi connectivity index (χ4v) is 2.79. The molecule has 0 spiro atoms. The summed E-state index contributed by atoms with van der Waals surface area (Å²) in [6.07, 6.45) is 0.428. The quantitative estimate of drug-likeness (QED) is 0.825. The standard InChI is InChI=1S/C16H18OS/c1-13-6-5-9-16(10-13)18-12-15(17)11-14-7-3-2-4-8-14/h2-10,15,17H,11-12H2,1H3. The van der Waals surface area contributed by atoms with E-state index in [1.54, 1.807) is 11.8 Å². The van der Waals surface area contributed by atoms with Crippen molar-refractivity contribution in [1.29, 1.82) is 0 Å². The van der Waals surface area contributed by atoms with Gasteiger partial charge in [-0.25, -0.2) is 0 Å². The third-order valence-corrected chi connectivity index (χ3v) is 3.88. The highest BCUT2D eigenvalue weighted by Crippen LogP contribution is 2.20. The van der Waals surface area contributed by atoms with Crippen LogP contribution in [0.5, 0.6) is 0 Å². The third kappa shape index (κ3) is 4.21. The molecule has 2 aromatic carbocycles. The molecule has 0 aliphatic rings. The molecule has 0 radical (unpaired) electrons. The number of aliphatic hydroxyl groups excluding tert-OH is 1. The zero-order chi connectivity index (χ0) is 12.8. The first-order chi connectivity index (χ1) is 8.74. The van der Waals surface area contributed by atoms with Crippen LogP contribution in [0.25, 0.3) is 0 Å². The molecule has 2 rings (SSSR count). The molecule has 2 heteroatoms. The summed E-state index contributed by atoms with van der Waals surface area (Å²) in [6.45, 7) is 2.09.